The number of aliphatic hydroxyl groups excluding tert-OH is 1. The van der Waals surface area contributed by atoms with Crippen molar-refractivity contribution >= 4 is 5.97 Å². The lowest BCUT2D eigenvalue weighted by molar-refractivity contribution is -0.556. The Morgan fingerprint density at radius 1 is 1.45 bits per heavy atom. The normalized spacial score (nSPS) is 40.8. The minimum atomic E-state index is -1.51. The van der Waals surface area contributed by atoms with E-state index in [1.165, 1.54) is 0 Å². The van der Waals surface area contributed by atoms with Crippen molar-refractivity contribution in [2.75, 3.05) is 6.61 Å². The third-order valence-corrected chi connectivity index (χ3v) is 4.73. The molecule has 7 heteroatoms. The van der Waals surface area contributed by atoms with E-state index in [4.69, 9.17) is 4.74 Å². The van der Waals surface area contributed by atoms with Crippen LogP contribution in [0.4, 0.5) is 0 Å². The van der Waals surface area contributed by atoms with Gasteiger partial charge in [0, 0.05) is 17.3 Å². The van der Waals surface area contributed by atoms with E-state index < -0.39 is 28.6 Å². The summed E-state index contributed by atoms with van der Waals surface area (Å²) in [6.45, 7) is 2.00. The Labute approximate surface area is 117 Å². The standard InChI is InChI=1S/C13H21NO6/c1-2-20-12(16)8-5-6-13(17)9(7-8)10(15)3-4-11(13)14(18)19/h8-11,15,17H,2-7H2,1H3. The van der Waals surface area contributed by atoms with Crippen molar-refractivity contribution in [3.63, 3.8) is 0 Å². The fraction of sp³-hybridized carbons (Fsp3) is 0.923. The van der Waals surface area contributed by atoms with Gasteiger partial charge in [-0.05, 0) is 32.6 Å². The van der Waals surface area contributed by atoms with Crippen LogP contribution >= 0.6 is 0 Å². The Hall–Kier alpha value is -1.21. The Bertz CT molecular complexity index is 400. The monoisotopic (exact) mass is 287 g/mol. The fourth-order valence-electron chi connectivity index (χ4n) is 3.67. The van der Waals surface area contributed by atoms with Crippen LogP contribution in [0.3, 0.4) is 0 Å². The van der Waals surface area contributed by atoms with Crippen LogP contribution in [0.25, 0.3) is 0 Å². The number of nitrogens with zero attached hydrogens (tertiary/aromatic N) is 1. The van der Waals surface area contributed by atoms with Gasteiger partial charge in [0.25, 0.3) is 0 Å². The predicted molar refractivity (Wildman–Crippen MR) is 68.4 cm³/mol. The van der Waals surface area contributed by atoms with Gasteiger partial charge < -0.3 is 14.9 Å². The van der Waals surface area contributed by atoms with Gasteiger partial charge in [0.05, 0.1) is 18.6 Å². The summed E-state index contributed by atoms with van der Waals surface area (Å²) in [4.78, 5) is 22.4. The molecule has 20 heavy (non-hydrogen) atoms. The quantitative estimate of drug-likeness (QED) is 0.444. The first-order chi connectivity index (χ1) is 9.40. The van der Waals surface area contributed by atoms with Crippen LogP contribution < -0.4 is 0 Å². The highest BCUT2D eigenvalue weighted by Gasteiger charge is 2.59. The average Bonchev–Trinajstić information content (AvgIpc) is 2.38. The van der Waals surface area contributed by atoms with Crippen molar-refractivity contribution in [1.29, 1.82) is 0 Å². The van der Waals surface area contributed by atoms with Crippen LogP contribution in [0.1, 0.15) is 39.0 Å². The molecule has 2 saturated carbocycles. The maximum Gasteiger partial charge on any atom is 0.308 e. The van der Waals surface area contributed by atoms with Gasteiger partial charge in [0.1, 0.15) is 5.60 Å². The number of hydrogen-bond acceptors (Lipinski definition) is 6. The van der Waals surface area contributed by atoms with Gasteiger partial charge in [-0.15, -0.1) is 0 Å². The SMILES string of the molecule is CCOC(=O)C1CCC2(O)C(C1)C(O)CCC2[N+](=O)[O-]. The van der Waals surface area contributed by atoms with Crippen LogP contribution in [-0.2, 0) is 9.53 Å². The van der Waals surface area contributed by atoms with Gasteiger partial charge in [-0.3, -0.25) is 14.9 Å². The van der Waals surface area contributed by atoms with Gasteiger partial charge in [0.2, 0.25) is 6.04 Å². The van der Waals surface area contributed by atoms with Crippen molar-refractivity contribution in [2.24, 2.45) is 11.8 Å². The van der Waals surface area contributed by atoms with Crippen molar-refractivity contribution in [1.82, 2.24) is 0 Å². The molecular formula is C13H21NO6. The van der Waals surface area contributed by atoms with E-state index in [0.717, 1.165) is 0 Å². The Morgan fingerprint density at radius 2 is 2.15 bits per heavy atom. The number of fused-ring (bicyclic) bond motifs is 1. The highest BCUT2D eigenvalue weighted by Crippen LogP contribution is 2.47. The molecular weight excluding hydrogens is 266 g/mol. The molecule has 5 atom stereocenters. The second-order valence-corrected chi connectivity index (χ2v) is 5.77. The first-order valence-corrected chi connectivity index (χ1v) is 7.10. The lowest BCUT2D eigenvalue weighted by atomic mass is 9.61. The number of esters is 1. The minimum absolute atomic E-state index is 0.157. The summed E-state index contributed by atoms with van der Waals surface area (Å²) in [7, 11) is 0. The number of aliphatic hydroxyl groups is 2. The van der Waals surface area contributed by atoms with Crippen LogP contribution in [0.2, 0.25) is 0 Å². The molecule has 2 fully saturated rings. The predicted octanol–water partition coefficient (Wildman–Crippen LogP) is 0.497. The summed E-state index contributed by atoms with van der Waals surface area (Å²) in [5.74, 6) is -1.36. The van der Waals surface area contributed by atoms with Gasteiger partial charge in [-0.1, -0.05) is 0 Å². The average molecular weight is 287 g/mol. The molecule has 2 aliphatic rings. The fourth-order valence-corrected chi connectivity index (χ4v) is 3.67. The zero-order valence-corrected chi connectivity index (χ0v) is 11.5. The first kappa shape index (κ1) is 15.2. The Morgan fingerprint density at radius 3 is 2.75 bits per heavy atom. The van der Waals surface area contributed by atoms with Crippen LogP contribution in [0.5, 0.6) is 0 Å². The molecule has 0 heterocycles. The minimum Gasteiger partial charge on any atom is -0.466 e. The molecule has 0 aromatic carbocycles. The molecule has 7 nitrogen and oxygen atoms in total. The topological polar surface area (TPSA) is 110 Å². The first-order valence-electron chi connectivity index (χ1n) is 7.10. The maximum absolute atomic E-state index is 11.8. The molecule has 0 radical (unpaired) electrons. The van der Waals surface area contributed by atoms with E-state index in [2.05, 4.69) is 0 Å². The third kappa shape index (κ3) is 2.52. The smallest absolute Gasteiger partial charge is 0.308 e. The lowest BCUT2D eigenvalue weighted by Crippen LogP contribution is -2.61. The van der Waals surface area contributed by atoms with Crippen LogP contribution in [0, 0.1) is 22.0 Å². The van der Waals surface area contributed by atoms with Crippen molar-refractivity contribution < 1.29 is 24.7 Å². The molecule has 114 valence electrons. The van der Waals surface area contributed by atoms with Gasteiger partial charge in [-0.25, -0.2) is 0 Å². The second kappa shape index (κ2) is 5.65. The molecule has 2 N–H and O–H groups in total. The third-order valence-electron chi connectivity index (χ3n) is 4.73. The molecule has 0 amide bonds. The van der Waals surface area contributed by atoms with Gasteiger partial charge in [0.15, 0.2) is 0 Å². The lowest BCUT2D eigenvalue weighted by Gasteiger charge is -2.48. The maximum atomic E-state index is 11.8. The molecule has 0 aromatic rings. The molecule has 0 spiro atoms. The van der Waals surface area contributed by atoms with E-state index in [0.29, 0.717) is 6.42 Å². The molecule has 2 rings (SSSR count). The Balaban J connectivity index is 2.17. The highest BCUT2D eigenvalue weighted by atomic mass is 16.6. The van der Waals surface area contributed by atoms with Gasteiger partial charge in [-0.2, -0.15) is 0 Å². The number of carbonyl (C=O) groups is 1. The summed E-state index contributed by atoms with van der Waals surface area (Å²) in [6.07, 6.45) is 0.431. The number of carbonyl (C=O) groups excluding carboxylic acids is 1. The summed E-state index contributed by atoms with van der Waals surface area (Å²) in [6, 6.07) is -1.06. The summed E-state index contributed by atoms with van der Waals surface area (Å²) >= 11 is 0. The number of rotatable bonds is 3. The molecule has 0 bridgehead atoms. The molecule has 0 aliphatic heterocycles. The molecule has 0 aromatic heterocycles. The second-order valence-electron chi connectivity index (χ2n) is 5.77. The Kier molecular flexibility index (Phi) is 4.29. The molecule has 2 aliphatic carbocycles. The van der Waals surface area contributed by atoms with Crippen molar-refractivity contribution in [3.8, 4) is 0 Å². The van der Waals surface area contributed by atoms with Gasteiger partial charge >= 0.3 is 5.97 Å². The summed E-state index contributed by atoms with van der Waals surface area (Å²) in [5.41, 5.74) is -1.51. The van der Waals surface area contributed by atoms with E-state index >= 15 is 0 Å². The van der Waals surface area contributed by atoms with Crippen molar-refractivity contribution in [2.45, 2.75) is 56.8 Å². The number of nitro groups is 1. The number of ether oxygens (including phenoxy) is 1. The largest absolute Gasteiger partial charge is 0.466 e. The zero-order valence-electron chi connectivity index (χ0n) is 11.5. The molecule has 5 unspecified atom stereocenters. The van der Waals surface area contributed by atoms with E-state index in [1.807, 2.05) is 0 Å². The summed E-state index contributed by atoms with van der Waals surface area (Å²) in [5, 5.41) is 31.8. The van der Waals surface area contributed by atoms with E-state index in [-0.39, 0.29) is 44.2 Å². The number of hydrogen-bond donors (Lipinski definition) is 2. The van der Waals surface area contributed by atoms with Crippen LogP contribution in [-0.4, -0.2) is 45.5 Å². The van der Waals surface area contributed by atoms with E-state index in [1.54, 1.807) is 6.92 Å². The van der Waals surface area contributed by atoms with Crippen LogP contribution in [0.15, 0.2) is 0 Å². The zero-order chi connectivity index (χ0) is 14.9. The summed E-state index contributed by atoms with van der Waals surface area (Å²) < 4.78 is 4.97. The van der Waals surface area contributed by atoms with E-state index in [9.17, 15) is 25.1 Å². The highest BCUT2D eigenvalue weighted by molar-refractivity contribution is 5.72. The molecule has 0 saturated heterocycles. The van der Waals surface area contributed by atoms with Crippen molar-refractivity contribution in [3.05, 3.63) is 10.1 Å².